The van der Waals surface area contributed by atoms with Crippen LogP contribution < -0.4 is 5.32 Å². The number of hydrogen-bond donors (Lipinski definition) is 1. The van der Waals surface area contributed by atoms with Gasteiger partial charge < -0.3 is 5.32 Å². The summed E-state index contributed by atoms with van der Waals surface area (Å²) in [5.74, 6) is -0.0570. The Balaban J connectivity index is 2.27. The minimum absolute atomic E-state index is 0.0570. The third kappa shape index (κ3) is 1.84. The normalized spacial score (nSPS) is 19.5. The van der Waals surface area contributed by atoms with Crippen molar-refractivity contribution in [2.75, 3.05) is 0 Å². The van der Waals surface area contributed by atoms with Crippen molar-refractivity contribution in [3.8, 4) is 0 Å². The van der Waals surface area contributed by atoms with E-state index in [2.05, 4.69) is 5.32 Å². The minimum Gasteiger partial charge on any atom is -0.316 e. The molecular weight excluding hydrogens is 202 g/mol. The standard InChI is InChI=1S/C9H7NOS2/c11-9-6(5-8(12)10-9)4-7-2-1-3-13-7/h1-4H,5H2,(H,10,11,12)/b6-4-. The van der Waals surface area contributed by atoms with E-state index in [4.69, 9.17) is 12.2 Å². The molecular formula is C9H7NOS2. The predicted octanol–water partition coefficient (Wildman–Crippen LogP) is 1.98. The van der Waals surface area contributed by atoms with Crippen LogP contribution in [0.5, 0.6) is 0 Å². The molecule has 0 aromatic carbocycles. The number of nitrogens with one attached hydrogen (secondary N) is 1. The third-order valence-electron chi connectivity index (χ3n) is 1.76. The zero-order valence-corrected chi connectivity index (χ0v) is 8.37. The molecule has 0 atom stereocenters. The smallest absolute Gasteiger partial charge is 0.252 e. The topological polar surface area (TPSA) is 29.1 Å². The lowest BCUT2D eigenvalue weighted by molar-refractivity contribution is -0.115. The van der Waals surface area contributed by atoms with Crippen LogP contribution in [0.25, 0.3) is 6.08 Å². The average Bonchev–Trinajstić information content (AvgIpc) is 2.63. The molecule has 0 aliphatic carbocycles. The molecule has 0 unspecified atom stereocenters. The van der Waals surface area contributed by atoms with E-state index in [9.17, 15) is 4.79 Å². The first-order valence-electron chi connectivity index (χ1n) is 3.84. The first kappa shape index (κ1) is 8.59. The van der Waals surface area contributed by atoms with E-state index in [1.165, 1.54) is 0 Å². The van der Waals surface area contributed by atoms with Gasteiger partial charge in [-0.25, -0.2) is 0 Å². The van der Waals surface area contributed by atoms with Gasteiger partial charge in [0.05, 0.1) is 4.99 Å². The van der Waals surface area contributed by atoms with Gasteiger partial charge in [-0.15, -0.1) is 11.3 Å². The molecule has 0 radical (unpaired) electrons. The quantitative estimate of drug-likeness (QED) is 0.566. The maximum Gasteiger partial charge on any atom is 0.252 e. The Hall–Kier alpha value is -1.00. The number of thiophene rings is 1. The number of amides is 1. The van der Waals surface area contributed by atoms with Crippen LogP contribution in [0.15, 0.2) is 23.1 Å². The lowest BCUT2D eigenvalue weighted by Crippen LogP contribution is -2.17. The molecule has 0 saturated carbocycles. The van der Waals surface area contributed by atoms with Crippen molar-refractivity contribution in [3.05, 3.63) is 28.0 Å². The summed E-state index contributed by atoms with van der Waals surface area (Å²) in [6.07, 6.45) is 2.46. The van der Waals surface area contributed by atoms with E-state index in [1.54, 1.807) is 11.3 Å². The first-order valence-corrected chi connectivity index (χ1v) is 5.13. The SMILES string of the molecule is O=C1NC(=S)C/C1=C/c1cccs1. The second-order valence-corrected chi connectivity index (χ2v) is 4.21. The average molecular weight is 209 g/mol. The fourth-order valence-electron chi connectivity index (χ4n) is 1.17. The molecule has 1 aliphatic heterocycles. The number of rotatable bonds is 1. The highest BCUT2D eigenvalue weighted by atomic mass is 32.1. The lowest BCUT2D eigenvalue weighted by Gasteiger charge is -1.89. The van der Waals surface area contributed by atoms with Crippen LogP contribution in [0.4, 0.5) is 0 Å². The second kappa shape index (κ2) is 3.40. The van der Waals surface area contributed by atoms with Crippen molar-refractivity contribution in [3.63, 3.8) is 0 Å². The van der Waals surface area contributed by atoms with Crippen LogP contribution >= 0.6 is 23.6 Å². The van der Waals surface area contributed by atoms with Crippen molar-refractivity contribution >= 4 is 40.5 Å². The molecule has 1 aromatic rings. The summed E-state index contributed by atoms with van der Waals surface area (Å²) in [6.45, 7) is 0. The molecule has 1 aromatic heterocycles. The molecule has 0 bridgehead atoms. The Bertz CT molecular complexity index is 378. The molecule has 2 nitrogen and oxygen atoms in total. The summed E-state index contributed by atoms with van der Waals surface area (Å²) < 4.78 is 0. The van der Waals surface area contributed by atoms with Crippen LogP contribution in [0, 0.1) is 0 Å². The van der Waals surface area contributed by atoms with Crippen LogP contribution in [0.3, 0.4) is 0 Å². The van der Waals surface area contributed by atoms with Gasteiger partial charge in [0.15, 0.2) is 0 Å². The van der Waals surface area contributed by atoms with Gasteiger partial charge in [0.2, 0.25) is 0 Å². The van der Waals surface area contributed by atoms with Gasteiger partial charge in [-0.3, -0.25) is 4.79 Å². The summed E-state index contributed by atoms with van der Waals surface area (Å²) in [7, 11) is 0. The van der Waals surface area contributed by atoms with Crippen LogP contribution in [-0.2, 0) is 4.79 Å². The lowest BCUT2D eigenvalue weighted by atomic mass is 10.2. The van der Waals surface area contributed by atoms with Crippen molar-refractivity contribution in [1.29, 1.82) is 0 Å². The molecule has 4 heteroatoms. The van der Waals surface area contributed by atoms with Gasteiger partial charge in [0, 0.05) is 16.9 Å². The van der Waals surface area contributed by atoms with Crippen molar-refractivity contribution < 1.29 is 4.79 Å². The summed E-state index contributed by atoms with van der Waals surface area (Å²) in [5.41, 5.74) is 0.757. The highest BCUT2D eigenvalue weighted by Crippen LogP contribution is 2.18. The molecule has 2 rings (SSSR count). The molecule has 1 aliphatic rings. The zero-order valence-electron chi connectivity index (χ0n) is 6.74. The van der Waals surface area contributed by atoms with Crippen LogP contribution in [0.2, 0.25) is 0 Å². The van der Waals surface area contributed by atoms with Crippen molar-refractivity contribution in [1.82, 2.24) is 5.32 Å². The fraction of sp³-hybridized carbons (Fsp3) is 0.111. The number of thiocarbonyl (C=S) groups is 1. The highest BCUT2D eigenvalue weighted by Gasteiger charge is 2.20. The molecule has 13 heavy (non-hydrogen) atoms. The van der Waals surface area contributed by atoms with Crippen molar-refractivity contribution in [2.45, 2.75) is 6.42 Å². The molecule has 1 saturated heterocycles. The van der Waals surface area contributed by atoms with Gasteiger partial charge in [-0.2, -0.15) is 0 Å². The fourth-order valence-corrected chi connectivity index (χ4v) is 2.10. The van der Waals surface area contributed by atoms with Gasteiger partial charge in [0.1, 0.15) is 0 Å². The number of hydrogen-bond acceptors (Lipinski definition) is 3. The van der Waals surface area contributed by atoms with Gasteiger partial charge >= 0.3 is 0 Å². The van der Waals surface area contributed by atoms with Gasteiger partial charge in [-0.1, -0.05) is 18.3 Å². The number of carbonyl (C=O) groups excluding carboxylic acids is 1. The molecule has 0 spiro atoms. The number of carbonyl (C=O) groups is 1. The Labute approximate surface area is 85.3 Å². The summed E-state index contributed by atoms with van der Waals surface area (Å²) in [6, 6.07) is 3.94. The molecule has 1 amide bonds. The predicted molar refractivity (Wildman–Crippen MR) is 57.7 cm³/mol. The highest BCUT2D eigenvalue weighted by molar-refractivity contribution is 7.80. The maximum absolute atomic E-state index is 11.2. The van der Waals surface area contributed by atoms with Crippen LogP contribution in [-0.4, -0.2) is 10.9 Å². The van der Waals surface area contributed by atoms with Crippen molar-refractivity contribution in [2.24, 2.45) is 0 Å². The van der Waals surface area contributed by atoms with Gasteiger partial charge in [0.25, 0.3) is 5.91 Å². The van der Waals surface area contributed by atoms with E-state index in [0.29, 0.717) is 11.4 Å². The van der Waals surface area contributed by atoms with E-state index in [-0.39, 0.29) is 5.91 Å². The van der Waals surface area contributed by atoms with E-state index >= 15 is 0 Å². The monoisotopic (exact) mass is 209 g/mol. The zero-order chi connectivity index (χ0) is 9.26. The minimum atomic E-state index is -0.0570. The molecule has 1 fully saturated rings. The second-order valence-electron chi connectivity index (χ2n) is 2.74. The first-order chi connectivity index (χ1) is 6.25. The molecule has 66 valence electrons. The van der Waals surface area contributed by atoms with Gasteiger partial charge in [-0.05, 0) is 17.5 Å². The van der Waals surface area contributed by atoms with Crippen LogP contribution in [0.1, 0.15) is 11.3 Å². The Morgan fingerprint density at radius 1 is 1.62 bits per heavy atom. The summed E-state index contributed by atoms with van der Waals surface area (Å²) in [5, 5.41) is 4.59. The van der Waals surface area contributed by atoms with E-state index < -0.39 is 0 Å². The Morgan fingerprint density at radius 3 is 3.00 bits per heavy atom. The molecule has 1 N–H and O–H groups in total. The summed E-state index contributed by atoms with van der Waals surface area (Å²) >= 11 is 6.51. The Kier molecular flexibility index (Phi) is 2.24. The van der Waals surface area contributed by atoms with E-state index in [1.807, 2.05) is 23.6 Å². The maximum atomic E-state index is 11.2. The Morgan fingerprint density at radius 2 is 2.46 bits per heavy atom. The summed E-state index contributed by atoms with van der Waals surface area (Å²) in [4.78, 5) is 13.0. The molecule has 2 heterocycles. The van der Waals surface area contributed by atoms with E-state index in [0.717, 1.165) is 10.5 Å². The largest absolute Gasteiger partial charge is 0.316 e. The third-order valence-corrected chi connectivity index (χ3v) is 2.82.